The van der Waals surface area contributed by atoms with E-state index >= 15 is 0 Å². The summed E-state index contributed by atoms with van der Waals surface area (Å²) in [6.45, 7) is 5.85. The predicted molar refractivity (Wildman–Crippen MR) is 139 cm³/mol. The van der Waals surface area contributed by atoms with Gasteiger partial charge in [-0.25, -0.2) is 0 Å². The predicted octanol–water partition coefficient (Wildman–Crippen LogP) is 6.17. The highest BCUT2D eigenvalue weighted by atomic mass is 16.5. The summed E-state index contributed by atoms with van der Waals surface area (Å²) in [5, 5.41) is 0. The first-order chi connectivity index (χ1) is 16.8. The molecule has 4 aromatic carbocycles. The van der Waals surface area contributed by atoms with Crippen molar-refractivity contribution in [2.45, 2.75) is 19.2 Å². The largest absolute Gasteiger partial charge is 0.489 e. The molecule has 172 valence electrons. The van der Waals surface area contributed by atoms with Gasteiger partial charge in [0.05, 0.1) is 6.04 Å². The van der Waals surface area contributed by atoms with Gasteiger partial charge in [-0.15, -0.1) is 0 Å². The molecule has 1 fully saturated rings. The molecule has 4 aromatic rings. The average Bonchev–Trinajstić information content (AvgIpc) is 2.91. The Balaban J connectivity index is 1.17. The van der Waals surface area contributed by atoms with Gasteiger partial charge in [0.25, 0.3) is 0 Å². The van der Waals surface area contributed by atoms with Crippen molar-refractivity contribution in [2.24, 2.45) is 0 Å². The Morgan fingerprint density at radius 2 is 1.09 bits per heavy atom. The Morgan fingerprint density at radius 1 is 0.559 bits per heavy atom. The van der Waals surface area contributed by atoms with Crippen LogP contribution in [0.2, 0.25) is 0 Å². The van der Waals surface area contributed by atoms with Crippen molar-refractivity contribution in [2.75, 3.05) is 26.2 Å². The molecule has 3 heteroatoms. The first kappa shape index (κ1) is 22.4. The monoisotopic (exact) mass is 448 g/mol. The minimum Gasteiger partial charge on any atom is -0.489 e. The lowest BCUT2D eigenvalue weighted by atomic mass is 9.96. The first-order valence-corrected chi connectivity index (χ1v) is 12.2. The summed E-state index contributed by atoms with van der Waals surface area (Å²) in [6, 6.07) is 41.0. The fourth-order valence-electron chi connectivity index (χ4n) is 4.75. The van der Waals surface area contributed by atoms with Gasteiger partial charge in [0, 0.05) is 32.7 Å². The summed E-state index contributed by atoms with van der Waals surface area (Å²) in [5.74, 6) is 0.922. The fraction of sp³-hybridized carbons (Fsp3) is 0.226. The molecule has 1 aliphatic heterocycles. The van der Waals surface area contributed by atoms with Gasteiger partial charge in [-0.3, -0.25) is 9.80 Å². The molecule has 1 aliphatic rings. The van der Waals surface area contributed by atoms with E-state index in [1.165, 1.54) is 22.3 Å². The van der Waals surface area contributed by atoms with Crippen molar-refractivity contribution >= 4 is 0 Å². The zero-order chi connectivity index (χ0) is 23.0. The molecule has 0 spiro atoms. The van der Waals surface area contributed by atoms with Gasteiger partial charge in [-0.1, -0.05) is 103 Å². The van der Waals surface area contributed by atoms with Crippen LogP contribution in [0.15, 0.2) is 115 Å². The first-order valence-electron chi connectivity index (χ1n) is 12.2. The summed E-state index contributed by atoms with van der Waals surface area (Å²) in [5.41, 5.74) is 5.26. The van der Waals surface area contributed by atoms with Gasteiger partial charge in [0.2, 0.25) is 0 Å². The Bertz CT molecular complexity index is 1080. The Labute approximate surface area is 203 Å². The van der Waals surface area contributed by atoms with Crippen LogP contribution in [0.3, 0.4) is 0 Å². The number of hydrogen-bond donors (Lipinski definition) is 0. The SMILES string of the molecule is c1ccc(COc2ccc(CN3CCN(C(c4ccccc4)c4ccccc4)CC3)cc2)cc1. The molecule has 1 saturated heterocycles. The van der Waals surface area contributed by atoms with Crippen LogP contribution >= 0.6 is 0 Å². The third-order valence-electron chi connectivity index (χ3n) is 6.58. The average molecular weight is 449 g/mol. The highest BCUT2D eigenvalue weighted by Crippen LogP contribution is 2.29. The van der Waals surface area contributed by atoms with Crippen molar-refractivity contribution in [1.82, 2.24) is 9.80 Å². The summed E-state index contributed by atoms with van der Waals surface area (Å²) < 4.78 is 5.94. The number of hydrogen-bond acceptors (Lipinski definition) is 3. The zero-order valence-electron chi connectivity index (χ0n) is 19.6. The standard InChI is InChI=1S/C31H32N2O/c1-4-10-27(11-5-1)25-34-30-18-16-26(17-19-30)24-32-20-22-33(23-21-32)31(28-12-6-2-7-13-28)29-14-8-3-9-15-29/h1-19,31H,20-25H2. The third kappa shape index (κ3) is 5.74. The van der Waals surface area contributed by atoms with E-state index in [1.54, 1.807) is 0 Å². The lowest BCUT2D eigenvalue weighted by molar-refractivity contribution is 0.105. The summed E-state index contributed by atoms with van der Waals surface area (Å²) >= 11 is 0. The normalized spacial score (nSPS) is 14.9. The quantitative estimate of drug-likeness (QED) is 0.320. The molecule has 0 radical (unpaired) electrons. The topological polar surface area (TPSA) is 15.7 Å². The van der Waals surface area contributed by atoms with Gasteiger partial charge in [-0.2, -0.15) is 0 Å². The Morgan fingerprint density at radius 3 is 1.65 bits per heavy atom. The van der Waals surface area contributed by atoms with Crippen LogP contribution in [0.1, 0.15) is 28.3 Å². The molecule has 0 aliphatic carbocycles. The van der Waals surface area contributed by atoms with Crippen molar-refractivity contribution in [3.8, 4) is 5.75 Å². The van der Waals surface area contributed by atoms with Crippen LogP contribution in [-0.2, 0) is 13.2 Å². The van der Waals surface area contributed by atoms with Crippen LogP contribution < -0.4 is 4.74 Å². The molecule has 0 amide bonds. The number of ether oxygens (including phenoxy) is 1. The van der Waals surface area contributed by atoms with E-state index in [0.717, 1.165) is 38.5 Å². The molecule has 1 heterocycles. The van der Waals surface area contributed by atoms with Crippen LogP contribution in [0.5, 0.6) is 5.75 Å². The van der Waals surface area contributed by atoms with Gasteiger partial charge < -0.3 is 4.74 Å². The molecule has 34 heavy (non-hydrogen) atoms. The molecule has 0 N–H and O–H groups in total. The van der Waals surface area contributed by atoms with Crippen LogP contribution in [0.25, 0.3) is 0 Å². The van der Waals surface area contributed by atoms with E-state index in [1.807, 2.05) is 18.2 Å². The third-order valence-corrected chi connectivity index (χ3v) is 6.58. The molecule has 0 aromatic heterocycles. The van der Waals surface area contributed by atoms with Crippen molar-refractivity contribution in [3.63, 3.8) is 0 Å². The molecule has 0 unspecified atom stereocenters. The number of piperazine rings is 1. The fourth-order valence-corrected chi connectivity index (χ4v) is 4.75. The smallest absolute Gasteiger partial charge is 0.119 e. The molecule has 0 bridgehead atoms. The minimum atomic E-state index is 0.311. The number of nitrogens with zero attached hydrogens (tertiary/aromatic N) is 2. The molecule has 0 saturated carbocycles. The van der Waals surface area contributed by atoms with E-state index in [9.17, 15) is 0 Å². The van der Waals surface area contributed by atoms with Gasteiger partial charge in [-0.05, 0) is 34.4 Å². The van der Waals surface area contributed by atoms with Gasteiger partial charge >= 0.3 is 0 Å². The van der Waals surface area contributed by atoms with Crippen LogP contribution in [0.4, 0.5) is 0 Å². The maximum atomic E-state index is 5.94. The van der Waals surface area contributed by atoms with E-state index in [4.69, 9.17) is 4.74 Å². The minimum absolute atomic E-state index is 0.311. The lowest BCUT2D eigenvalue weighted by Crippen LogP contribution is -2.47. The Hall–Kier alpha value is -3.40. The summed E-state index contributed by atoms with van der Waals surface area (Å²) in [6.07, 6.45) is 0. The lowest BCUT2D eigenvalue weighted by Gasteiger charge is -2.39. The maximum Gasteiger partial charge on any atom is 0.119 e. The summed E-state index contributed by atoms with van der Waals surface area (Å²) in [7, 11) is 0. The number of benzene rings is 4. The molecule has 0 atom stereocenters. The van der Waals surface area contributed by atoms with Crippen LogP contribution in [-0.4, -0.2) is 36.0 Å². The molecule has 5 rings (SSSR count). The zero-order valence-corrected chi connectivity index (χ0v) is 19.6. The second-order valence-corrected chi connectivity index (χ2v) is 8.95. The van der Waals surface area contributed by atoms with Crippen molar-refractivity contribution in [1.29, 1.82) is 0 Å². The highest BCUT2D eigenvalue weighted by molar-refractivity contribution is 5.32. The van der Waals surface area contributed by atoms with E-state index in [-0.39, 0.29) is 0 Å². The Kier molecular flexibility index (Phi) is 7.34. The van der Waals surface area contributed by atoms with Crippen molar-refractivity contribution in [3.05, 3.63) is 138 Å². The number of rotatable bonds is 8. The molecular weight excluding hydrogens is 416 g/mol. The second kappa shape index (κ2) is 11.1. The second-order valence-electron chi connectivity index (χ2n) is 8.95. The van der Waals surface area contributed by atoms with E-state index in [0.29, 0.717) is 12.6 Å². The molecular formula is C31H32N2O. The summed E-state index contributed by atoms with van der Waals surface area (Å²) in [4.78, 5) is 5.19. The van der Waals surface area contributed by atoms with Crippen molar-refractivity contribution < 1.29 is 4.74 Å². The van der Waals surface area contributed by atoms with E-state index in [2.05, 4.69) is 107 Å². The van der Waals surface area contributed by atoms with Gasteiger partial charge in [0.1, 0.15) is 12.4 Å². The molecule has 3 nitrogen and oxygen atoms in total. The van der Waals surface area contributed by atoms with E-state index < -0.39 is 0 Å². The highest BCUT2D eigenvalue weighted by Gasteiger charge is 2.26. The maximum absolute atomic E-state index is 5.94. The van der Waals surface area contributed by atoms with Gasteiger partial charge in [0.15, 0.2) is 0 Å². The van der Waals surface area contributed by atoms with Crippen LogP contribution in [0, 0.1) is 0 Å².